The lowest BCUT2D eigenvalue weighted by Crippen LogP contribution is -1.91. The Hall–Kier alpha value is -7.20. The van der Waals surface area contributed by atoms with Gasteiger partial charge in [0.15, 0.2) is 0 Å². The van der Waals surface area contributed by atoms with E-state index in [0.29, 0.717) is 0 Å². The van der Waals surface area contributed by atoms with Gasteiger partial charge >= 0.3 is 0 Å². The highest BCUT2D eigenvalue weighted by Gasteiger charge is 2.20. The number of para-hydroxylation sites is 1. The molecule has 0 amide bonds. The zero-order valence-electron chi connectivity index (χ0n) is 30.5. The van der Waals surface area contributed by atoms with Gasteiger partial charge in [-0.2, -0.15) is 0 Å². The minimum atomic E-state index is 0.841. The van der Waals surface area contributed by atoms with Gasteiger partial charge in [-0.1, -0.05) is 133 Å². The molecule has 0 spiro atoms. The van der Waals surface area contributed by atoms with E-state index < -0.39 is 0 Å². The monoisotopic (exact) mass is 742 g/mol. The number of furan rings is 2. The van der Waals surface area contributed by atoms with E-state index in [4.69, 9.17) is 8.83 Å². The summed E-state index contributed by atoms with van der Waals surface area (Å²) in [5.74, 6) is 0. The highest BCUT2D eigenvalue weighted by atomic mass is 32.1. The molecule has 0 atom stereocenters. The molecule has 57 heavy (non-hydrogen) atoms. The molecule has 0 unspecified atom stereocenters. The van der Waals surface area contributed by atoms with Crippen molar-refractivity contribution in [2.24, 2.45) is 0 Å². The standard InChI is InChI=1S/C54H30O2S/c1-3-13-39-37(11-1)51(38-12-2-4-14-40(38)52(39)43-16-9-19-50-53(43)42-15-6-8-18-49(42)57-50)32-22-20-31(21-23-32)33-24-26-35-34(28-33)25-27-41-45-29-44-36-10-5-7-17-46(36)55-47(44)30-48(45)56-54(35)41/h1-30H. The summed E-state index contributed by atoms with van der Waals surface area (Å²) in [5.41, 5.74) is 10.9. The first-order valence-electron chi connectivity index (χ1n) is 19.4. The van der Waals surface area contributed by atoms with Crippen molar-refractivity contribution in [1.29, 1.82) is 0 Å². The minimum absolute atomic E-state index is 0.841. The van der Waals surface area contributed by atoms with Crippen molar-refractivity contribution in [3.63, 3.8) is 0 Å². The summed E-state index contributed by atoms with van der Waals surface area (Å²) in [7, 11) is 0. The Morgan fingerprint density at radius 1 is 0.316 bits per heavy atom. The lowest BCUT2D eigenvalue weighted by Gasteiger charge is -2.18. The Labute approximate surface area is 330 Å². The Bertz CT molecular complexity index is 3750. The number of fused-ring (bicyclic) bond motifs is 13. The first-order valence-corrected chi connectivity index (χ1v) is 20.2. The molecule has 0 aliphatic carbocycles. The summed E-state index contributed by atoms with van der Waals surface area (Å²) < 4.78 is 15.4. The van der Waals surface area contributed by atoms with Crippen molar-refractivity contribution >= 4 is 108 Å². The van der Waals surface area contributed by atoms with E-state index in [1.54, 1.807) is 0 Å². The second-order valence-electron chi connectivity index (χ2n) is 15.1. The molecule has 3 aromatic heterocycles. The number of hydrogen-bond donors (Lipinski definition) is 0. The van der Waals surface area contributed by atoms with Crippen LogP contribution in [0.25, 0.3) is 130 Å². The lowest BCUT2D eigenvalue weighted by atomic mass is 9.84. The van der Waals surface area contributed by atoms with Gasteiger partial charge in [-0.05, 0) is 103 Å². The van der Waals surface area contributed by atoms with Crippen molar-refractivity contribution in [2.75, 3.05) is 0 Å². The van der Waals surface area contributed by atoms with Gasteiger partial charge in [-0.25, -0.2) is 0 Å². The molecule has 0 aliphatic heterocycles. The first kappa shape index (κ1) is 31.1. The molecule has 0 bridgehead atoms. The van der Waals surface area contributed by atoms with Gasteiger partial charge in [0.05, 0.1) is 0 Å². The van der Waals surface area contributed by atoms with E-state index in [1.165, 1.54) is 75.1 Å². The average molecular weight is 743 g/mol. The normalized spacial score (nSPS) is 12.2. The molecule has 264 valence electrons. The van der Waals surface area contributed by atoms with Crippen LogP contribution in [0, 0.1) is 0 Å². The van der Waals surface area contributed by atoms with Crippen LogP contribution in [-0.2, 0) is 0 Å². The highest BCUT2D eigenvalue weighted by molar-refractivity contribution is 7.26. The second kappa shape index (κ2) is 11.7. The molecule has 13 rings (SSSR count). The molecule has 3 heterocycles. The van der Waals surface area contributed by atoms with Crippen LogP contribution in [-0.4, -0.2) is 0 Å². The zero-order chi connectivity index (χ0) is 37.2. The summed E-state index contributed by atoms with van der Waals surface area (Å²) in [4.78, 5) is 0. The van der Waals surface area contributed by atoms with E-state index in [9.17, 15) is 0 Å². The minimum Gasteiger partial charge on any atom is -0.456 e. The van der Waals surface area contributed by atoms with Gasteiger partial charge in [-0.3, -0.25) is 0 Å². The SMILES string of the molecule is c1ccc2c(c1)oc1cc3oc4c5ccc(-c6ccc(-c7c8ccccc8c(-c8cccc9sc%10ccccc%10c89)c8ccccc78)cc6)cc5ccc4c3cc12. The van der Waals surface area contributed by atoms with Crippen LogP contribution in [0.1, 0.15) is 0 Å². The van der Waals surface area contributed by atoms with Crippen LogP contribution in [0.2, 0.25) is 0 Å². The average Bonchev–Trinajstić information content (AvgIpc) is 3.95. The van der Waals surface area contributed by atoms with Crippen LogP contribution >= 0.6 is 11.3 Å². The Balaban J connectivity index is 0.935. The maximum atomic E-state index is 6.56. The van der Waals surface area contributed by atoms with Crippen LogP contribution < -0.4 is 0 Å². The molecule has 0 saturated heterocycles. The van der Waals surface area contributed by atoms with Crippen LogP contribution in [0.3, 0.4) is 0 Å². The number of hydrogen-bond acceptors (Lipinski definition) is 3. The van der Waals surface area contributed by atoms with Gasteiger partial charge in [0, 0.05) is 53.2 Å². The molecular formula is C54H30O2S. The van der Waals surface area contributed by atoms with Crippen molar-refractivity contribution < 1.29 is 8.83 Å². The summed E-state index contributed by atoms with van der Waals surface area (Å²) in [5, 5.41) is 14.4. The number of benzene rings is 10. The van der Waals surface area contributed by atoms with E-state index in [1.807, 2.05) is 29.5 Å². The van der Waals surface area contributed by atoms with E-state index in [0.717, 1.165) is 54.6 Å². The smallest absolute Gasteiger partial charge is 0.143 e. The lowest BCUT2D eigenvalue weighted by molar-refractivity contribution is 0.658. The van der Waals surface area contributed by atoms with Crippen LogP contribution in [0.5, 0.6) is 0 Å². The summed E-state index contributed by atoms with van der Waals surface area (Å²) >= 11 is 1.88. The Morgan fingerprint density at radius 3 is 1.70 bits per heavy atom. The van der Waals surface area contributed by atoms with Gasteiger partial charge in [-0.15, -0.1) is 11.3 Å². The van der Waals surface area contributed by atoms with Gasteiger partial charge < -0.3 is 8.83 Å². The summed E-state index contributed by atoms with van der Waals surface area (Å²) in [6.45, 7) is 0. The predicted molar refractivity (Wildman–Crippen MR) is 243 cm³/mol. The molecule has 0 fully saturated rings. The van der Waals surface area contributed by atoms with Gasteiger partial charge in [0.25, 0.3) is 0 Å². The Kier molecular flexibility index (Phi) is 6.35. The largest absolute Gasteiger partial charge is 0.456 e. The molecule has 0 aliphatic rings. The number of thiophene rings is 1. The van der Waals surface area contributed by atoms with Crippen molar-refractivity contribution in [1.82, 2.24) is 0 Å². The third-order valence-corrected chi connectivity index (χ3v) is 13.2. The fourth-order valence-corrected chi connectivity index (χ4v) is 10.6. The maximum absolute atomic E-state index is 6.56. The topological polar surface area (TPSA) is 26.3 Å². The first-order chi connectivity index (χ1) is 28.2. The molecule has 3 heteroatoms. The van der Waals surface area contributed by atoms with Gasteiger partial charge in [0.1, 0.15) is 22.3 Å². The Morgan fingerprint density at radius 2 is 0.912 bits per heavy atom. The second-order valence-corrected chi connectivity index (χ2v) is 16.2. The van der Waals surface area contributed by atoms with Gasteiger partial charge in [0.2, 0.25) is 0 Å². The summed E-state index contributed by atoms with van der Waals surface area (Å²) in [6, 6.07) is 66.2. The van der Waals surface area contributed by atoms with E-state index in [2.05, 4.69) is 164 Å². The fraction of sp³-hybridized carbons (Fsp3) is 0. The molecular weight excluding hydrogens is 713 g/mol. The van der Waals surface area contributed by atoms with E-state index >= 15 is 0 Å². The molecule has 0 radical (unpaired) electrons. The zero-order valence-corrected chi connectivity index (χ0v) is 31.4. The van der Waals surface area contributed by atoms with E-state index in [-0.39, 0.29) is 0 Å². The summed E-state index contributed by atoms with van der Waals surface area (Å²) in [6.07, 6.45) is 0. The highest BCUT2D eigenvalue weighted by Crippen LogP contribution is 2.48. The molecule has 0 saturated carbocycles. The van der Waals surface area contributed by atoms with Crippen LogP contribution in [0.4, 0.5) is 0 Å². The number of rotatable bonds is 3. The fourth-order valence-electron chi connectivity index (χ4n) is 9.50. The van der Waals surface area contributed by atoms with Crippen molar-refractivity contribution in [3.8, 4) is 33.4 Å². The van der Waals surface area contributed by atoms with Crippen LogP contribution in [0.15, 0.2) is 191 Å². The molecule has 13 aromatic rings. The van der Waals surface area contributed by atoms with Crippen molar-refractivity contribution in [2.45, 2.75) is 0 Å². The molecule has 0 N–H and O–H groups in total. The third kappa shape index (κ3) is 4.46. The molecule has 2 nitrogen and oxygen atoms in total. The predicted octanol–water partition coefficient (Wildman–Crippen LogP) is 16.3. The maximum Gasteiger partial charge on any atom is 0.143 e. The quantitative estimate of drug-likeness (QED) is 0.169. The molecule has 10 aromatic carbocycles. The third-order valence-electron chi connectivity index (χ3n) is 12.1. The van der Waals surface area contributed by atoms with Crippen molar-refractivity contribution in [3.05, 3.63) is 182 Å².